The average Bonchev–Trinajstić information content (AvgIpc) is 2.37. The van der Waals surface area contributed by atoms with Gasteiger partial charge in [-0.25, -0.2) is 8.42 Å². The lowest BCUT2D eigenvalue weighted by Crippen LogP contribution is -2.25. The molecule has 0 bridgehead atoms. The van der Waals surface area contributed by atoms with Crippen LogP contribution in [0.2, 0.25) is 0 Å². The molecule has 0 unspecified atom stereocenters. The Bertz CT molecular complexity index is 577. The Morgan fingerprint density at radius 3 is 2.70 bits per heavy atom. The van der Waals surface area contributed by atoms with E-state index in [1.807, 2.05) is 0 Å². The molecule has 1 aromatic carbocycles. The van der Waals surface area contributed by atoms with Gasteiger partial charge in [-0.3, -0.25) is 4.79 Å². The third-order valence-corrected chi connectivity index (χ3v) is 4.57. The van der Waals surface area contributed by atoms with Crippen molar-refractivity contribution in [1.29, 1.82) is 0 Å². The summed E-state index contributed by atoms with van der Waals surface area (Å²) in [6.45, 7) is 1.13. The van der Waals surface area contributed by atoms with Gasteiger partial charge >= 0.3 is 0 Å². The molecule has 0 saturated heterocycles. The number of hydrogen-bond acceptors (Lipinski definition) is 4. The number of carbonyl (C=O) groups is 1. The summed E-state index contributed by atoms with van der Waals surface area (Å²) in [7, 11) is 3.03. The molecule has 1 aromatic rings. The molecular weight excluding hydrogens is 370 g/mol. The fourth-order valence-corrected chi connectivity index (χ4v) is 2.70. The molecule has 0 heterocycles. The predicted octanol–water partition coefficient (Wildman–Crippen LogP) is 2.53. The van der Waals surface area contributed by atoms with E-state index in [1.54, 1.807) is 7.11 Å². The molecule has 0 saturated carbocycles. The summed E-state index contributed by atoms with van der Waals surface area (Å²) < 4.78 is 27.9. The Labute approximate surface area is 131 Å². The maximum Gasteiger partial charge on any atom is 0.261 e. The molecule has 0 spiro atoms. The summed E-state index contributed by atoms with van der Waals surface area (Å²) in [5.74, 6) is -0.351. The second-order valence-corrected chi connectivity index (χ2v) is 7.46. The van der Waals surface area contributed by atoms with E-state index < -0.39 is 9.05 Å². The molecule has 8 heteroatoms. The van der Waals surface area contributed by atoms with E-state index in [0.29, 0.717) is 17.6 Å². The third kappa shape index (κ3) is 5.40. The summed E-state index contributed by atoms with van der Waals surface area (Å²) in [6, 6.07) is 4.06. The SMILES string of the molecule is COCCCCNC(=O)c1cc(S(=O)(=O)Cl)ccc1Br. The molecule has 0 atom stereocenters. The highest BCUT2D eigenvalue weighted by Gasteiger charge is 2.16. The minimum atomic E-state index is -3.85. The van der Waals surface area contributed by atoms with Gasteiger partial charge in [-0.15, -0.1) is 0 Å². The monoisotopic (exact) mass is 383 g/mol. The largest absolute Gasteiger partial charge is 0.385 e. The first-order chi connectivity index (χ1) is 9.36. The zero-order chi connectivity index (χ0) is 15.2. The van der Waals surface area contributed by atoms with Crippen molar-refractivity contribution in [2.24, 2.45) is 0 Å². The van der Waals surface area contributed by atoms with Crippen molar-refractivity contribution in [2.75, 3.05) is 20.3 Å². The van der Waals surface area contributed by atoms with Crippen LogP contribution in [-0.2, 0) is 13.8 Å². The Balaban J connectivity index is 2.72. The number of halogens is 2. The maximum atomic E-state index is 12.0. The Kier molecular flexibility index (Phi) is 6.94. The van der Waals surface area contributed by atoms with Crippen LogP contribution in [0.1, 0.15) is 23.2 Å². The molecule has 1 amide bonds. The number of carbonyl (C=O) groups excluding carboxylic acids is 1. The average molecular weight is 385 g/mol. The van der Waals surface area contributed by atoms with Crippen LogP contribution in [0.5, 0.6) is 0 Å². The predicted molar refractivity (Wildman–Crippen MR) is 80.6 cm³/mol. The molecule has 0 aliphatic heterocycles. The fraction of sp³-hybridized carbons (Fsp3) is 0.417. The molecule has 0 radical (unpaired) electrons. The summed E-state index contributed by atoms with van der Waals surface area (Å²) >= 11 is 3.21. The summed E-state index contributed by atoms with van der Waals surface area (Å²) in [6.07, 6.45) is 1.62. The molecule has 0 aliphatic carbocycles. The number of methoxy groups -OCH3 is 1. The van der Waals surface area contributed by atoms with Crippen LogP contribution in [0, 0.1) is 0 Å². The topological polar surface area (TPSA) is 72.5 Å². The number of amides is 1. The van der Waals surface area contributed by atoms with Gasteiger partial charge in [0.25, 0.3) is 15.0 Å². The van der Waals surface area contributed by atoms with E-state index >= 15 is 0 Å². The minimum absolute atomic E-state index is 0.105. The highest BCUT2D eigenvalue weighted by molar-refractivity contribution is 9.10. The second-order valence-electron chi connectivity index (χ2n) is 4.04. The van der Waals surface area contributed by atoms with Gasteiger partial charge in [-0.1, -0.05) is 0 Å². The number of hydrogen-bond donors (Lipinski definition) is 1. The first-order valence-corrected chi connectivity index (χ1v) is 8.98. The van der Waals surface area contributed by atoms with E-state index in [2.05, 4.69) is 21.2 Å². The Hall–Kier alpha value is -0.630. The van der Waals surface area contributed by atoms with Gasteiger partial charge < -0.3 is 10.1 Å². The van der Waals surface area contributed by atoms with Gasteiger partial charge in [0.2, 0.25) is 0 Å². The first kappa shape index (κ1) is 17.4. The van der Waals surface area contributed by atoms with Crippen molar-refractivity contribution >= 4 is 41.6 Å². The second kappa shape index (κ2) is 7.97. The molecular formula is C12H15BrClNO4S. The van der Waals surface area contributed by atoms with Crippen LogP contribution in [0.3, 0.4) is 0 Å². The molecule has 1 N–H and O–H groups in total. The van der Waals surface area contributed by atoms with Crippen LogP contribution >= 0.6 is 26.6 Å². The fourth-order valence-electron chi connectivity index (χ4n) is 1.50. The normalized spacial score (nSPS) is 11.3. The minimum Gasteiger partial charge on any atom is -0.385 e. The van der Waals surface area contributed by atoms with E-state index in [-0.39, 0.29) is 16.4 Å². The van der Waals surface area contributed by atoms with E-state index in [4.69, 9.17) is 15.4 Å². The van der Waals surface area contributed by atoms with Crippen molar-refractivity contribution in [2.45, 2.75) is 17.7 Å². The lowest BCUT2D eigenvalue weighted by Gasteiger charge is -2.08. The van der Waals surface area contributed by atoms with Crippen molar-refractivity contribution in [3.05, 3.63) is 28.2 Å². The van der Waals surface area contributed by atoms with Gasteiger partial charge in [-0.05, 0) is 47.0 Å². The zero-order valence-corrected chi connectivity index (χ0v) is 14.0. The number of unbranched alkanes of at least 4 members (excludes halogenated alkanes) is 1. The number of benzene rings is 1. The van der Waals surface area contributed by atoms with Crippen LogP contribution in [0.25, 0.3) is 0 Å². The standard InChI is InChI=1S/C12H15BrClNO4S/c1-19-7-3-2-6-15-12(16)10-8-9(20(14,17)18)4-5-11(10)13/h4-5,8H,2-3,6-7H2,1H3,(H,15,16). The number of ether oxygens (including phenoxy) is 1. The van der Waals surface area contributed by atoms with Gasteiger partial charge in [0.1, 0.15) is 0 Å². The number of rotatable bonds is 7. The smallest absolute Gasteiger partial charge is 0.261 e. The van der Waals surface area contributed by atoms with Crippen molar-refractivity contribution in [3.63, 3.8) is 0 Å². The van der Waals surface area contributed by atoms with Gasteiger partial charge in [-0.2, -0.15) is 0 Å². The van der Waals surface area contributed by atoms with Gasteiger partial charge in [0.05, 0.1) is 10.5 Å². The van der Waals surface area contributed by atoms with E-state index in [1.165, 1.54) is 18.2 Å². The summed E-state index contributed by atoms with van der Waals surface area (Å²) in [5.41, 5.74) is 0.235. The lowest BCUT2D eigenvalue weighted by molar-refractivity contribution is 0.0950. The van der Waals surface area contributed by atoms with Crippen LogP contribution < -0.4 is 5.32 Å². The van der Waals surface area contributed by atoms with Crippen molar-refractivity contribution in [3.8, 4) is 0 Å². The third-order valence-electron chi connectivity index (χ3n) is 2.52. The van der Waals surface area contributed by atoms with E-state index in [0.717, 1.165) is 12.8 Å². The maximum absolute atomic E-state index is 12.0. The highest BCUT2D eigenvalue weighted by atomic mass is 79.9. The highest BCUT2D eigenvalue weighted by Crippen LogP contribution is 2.23. The molecule has 5 nitrogen and oxygen atoms in total. The molecule has 1 rings (SSSR count). The summed E-state index contributed by atoms with van der Waals surface area (Å²) in [5, 5.41) is 2.71. The van der Waals surface area contributed by atoms with Crippen LogP contribution in [0.15, 0.2) is 27.6 Å². The Morgan fingerprint density at radius 1 is 1.40 bits per heavy atom. The van der Waals surface area contributed by atoms with Crippen LogP contribution in [-0.4, -0.2) is 34.6 Å². The quantitative estimate of drug-likeness (QED) is 0.579. The van der Waals surface area contributed by atoms with Gasteiger partial charge in [0.15, 0.2) is 0 Å². The molecule has 0 aromatic heterocycles. The first-order valence-electron chi connectivity index (χ1n) is 5.87. The molecule has 112 valence electrons. The zero-order valence-electron chi connectivity index (χ0n) is 10.9. The van der Waals surface area contributed by atoms with Crippen molar-refractivity contribution in [1.82, 2.24) is 5.32 Å². The number of nitrogens with one attached hydrogen (secondary N) is 1. The lowest BCUT2D eigenvalue weighted by atomic mass is 10.2. The van der Waals surface area contributed by atoms with Crippen LogP contribution in [0.4, 0.5) is 0 Å². The van der Waals surface area contributed by atoms with Crippen molar-refractivity contribution < 1.29 is 17.9 Å². The van der Waals surface area contributed by atoms with E-state index in [9.17, 15) is 13.2 Å². The molecule has 0 aliphatic rings. The molecule has 0 fully saturated rings. The Morgan fingerprint density at radius 2 is 2.10 bits per heavy atom. The summed E-state index contributed by atoms with van der Waals surface area (Å²) in [4.78, 5) is 11.9. The van der Waals surface area contributed by atoms with Gasteiger partial charge in [0, 0.05) is 35.4 Å². The molecule has 20 heavy (non-hydrogen) atoms.